The lowest BCUT2D eigenvalue weighted by Crippen LogP contribution is -2.13. The van der Waals surface area contributed by atoms with Crippen molar-refractivity contribution in [2.75, 3.05) is 18.4 Å². The van der Waals surface area contributed by atoms with Gasteiger partial charge in [-0.05, 0) is 26.0 Å². The fourth-order valence-electron chi connectivity index (χ4n) is 2.98. The van der Waals surface area contributed by atoms with Crippen LogP contribution in [-0.4, -0.2) is 42.1 Å². The normalized spacial score (nSPS) is 11.6. The van der Waals surface area contributed by atoms with Crippen LogP contribution in [-0.2, 0) is 25.8 Å². The van der Waals surface area contributed by atoms with Gasteiger partial charge in [-0.3, -0.25) is 4.79 Å². The summed E-state index contributed by atoms with van der Waals surface area (Å²) in [6, 6.07) is 7.86. The maximum absolute atomic E-state index is 13.2. The van der Waals surface area contributed by atoms with Crippen LogP contribution >= 0.6 is 11.6 Å². The fraction of sp³-hybridized carbons (Fsp3) is 0.278. The smallest absolute Gasteiger partial charge is 0.311 e. The van der Waals surface area contributed by atoms with E-state index in [9.17, 15) is 13.2 Å². The van der Waals surface area contributed by atoms with E-state index in [1.54, 1.807) is 39.1 Å². The Labute approximate surface area is 167 Å². The second-order valence-electron chi connectivity index (χ2n) is 6.04. The molecule has 2 aromatic heterocycles. The number of halogens is 1. The average Bonchev–Trinajstić information content (AvgIpc) is 3.05. The Morgan fingerprint density at radius 3 is 2.54 bits per heavy atom. The summed E-state index contributed by atoms with van der Waals surface area (Å²) >= 11 is 5.44. The first-order valence-electron chi connectivity index (χ1n) is 8.39. The molecule has 8 nitrogen and oxygen atoms in total. The number of sulfone groups is 1. The number of carbonyl (C=O) groups is 1. The van der Waals surface area contributed by atoms with Crippen LogP contribution in [0.1, 0.15) is 17.0 Å². The van der Waals surface area contributed by atoms with Crippen LogP contribution in [0.25, 0.3) is 5.65 Å². The molecule has 0 spiro atoms. The third-order valence-electron chi connectivity index (χ3n) is 4.38. The topological polar surface area (TPSA) is 103 Å². The summed E-state index contributed by atoms with van der Waals surface area (Å²) in [5.41, 5.74) is 1.91. The number of aryl methyl sites for hydroxylation is 2. The molecule has 0 unspecified atom stereocenters. The number of benzene rings is 1. The van der Waals surface area contributed by atoms with E-state index in [1.807, 2.05) is 0 Å². The number of fused-ring (bicyclic) bond motifs is 1. The maximum Gasteiger partial charge on any atom is 0.311 e. The standard InChI is InChI=1S/C18H19ClN4O4S/c1-11-14(9-15(24)27-10-19)12(2)23-18(21-11)16(17(20-3)22-23)28(25,26)13-7-5-4-6-8-13/h4-8H,9-10H2,1-3H3,(H,20,22). The van der Waals surface area contributed by atoms with Crippen molar-refractivity contribution in [3.63, 3.8) is 0 Å². The van der Waals surface area contributed by atoms with Crippen molar-refractivity contribution in [3.05, 3.63) is 47.3 Å². The van der Waals surface area contributed by atoms with Crippen LogP contribution in [0.5, 0.6) is 0 Å². The van der Waals surface area contributed by atoms with E-state index in [0.717, 1.165) is 0 Å². The fourth-order valence-corrected chi connectivity index (χ4v) is 4.63. The van der Waals surface area contributed by atoms with Gasteiger partial charge in [-0.1, -0.05) is 29.8 Å². The van der Waals surface area contributed by atoms with Gasteiger partial charge in [0, 0.05) is 24.0 Å². The lowest BCUT2D eigenvalue weighted by Gasteiger charge is -2.11. The van der Waals surface area contributed by atoms with Crippen molar-refractivity contribution >= 4 is 38.9 Å². The van der Waals surface area contributed by atoms with Gasteiger partial charge in [0.05, 0.1) is 11.3 Å². The number of anilines is 1. The van der Waals surface area contributed by atoms with Crippen LogP contribution in [0.4, 0.5) is 5.82 Å². The molecular formula is C18H19ClN4O4S. The molecule has 0 fully saturated rings. The van der Waals surface area contributed by atoms with E-state index in [-0.39, 0.29) is 33.7 Å². The Balaban J connectivity index is 2.25. The second-order valence-corrected chi connectivity index (χ2v) is 8.15. The van der Waals surface area contributed by atoms with Gasteiger partial charge in [0.1, 0.15) is 0 Å². The summed E-state index contributed by atoms with van der Waals surface area (Å²) in [6.45, 7) is 3.46. The largest absolute Gasteiger partial charge is 0.449 e. The molecule has 0 aliphatic carbocycles. The lowest BCUT2D eigenvalue weighted by molar-refractivity contribution is -0.140. The second kappa shape index (κ2) is 7.76. The molecule has 0 aliphatic heterocycles. The molecule has 0 radical (unpaired) electrons. The zero-order valence-electron chi connectivity index (χ0n) is 15.6. The number of hydrogen-bond donors (Lipinski definition) is 1. The third kappa shape index (κ3) is 3.43. The number of esters is 1. The highest BCUT2D eigenvalue weighted by Gasteiger charge is 2.30. The van der Waals surface area contributed by atoms with Gasteiger partial charge in [0.25, 0.3) is 0 Å². The molecule has 2 heterocycles. The number of carbonyl (C=O) groups excluding carboxylic acids is 1. The number of alkyl halides is 1. The van der Waals surface area contributed by atoms with Crippen molar-refractivity contribution in [1.29, 1.82) is 0 Å². The van der Waals surface area contributed by atoms with Gasteiger partial charge in [-0.2, -0.15) is 0 Å². The third-order valence-corrected chi connectivity index (χ3v) is 6.29. The highest BCUT2D eigenvalue weighted by Crippen LogP contribution is 2.32. The molecule has 0 atom stereocenters. The van der Waals surface area contributed by atoms with Crippen molar-refractivity contribution in [3.8, 4) is 0 Å². The number of nitrogens with one attached hydrogen (secondary N) is 1. The number of nitrogens with zero attached hydrogens (tertiary/aromatic N) is 3. The van der Waals surface area contributed by atoms with Gasteiger partial charge in [0.2, 0.25) is 9.84 Å². The van der Waals surface area contributed by atoms with Gasteiger partial charge in [0.15, 0.2) is 22.4 Å². The van der Waals surface area contributed by atoms with Crippen molar-refractivity contribution in [2.24, 2.45) is 0 Å². The molecule has 0 saturated carbocycles. The molecule has 1 aromatic carbocycles. The molecule has 0 aliphatic rings. The Kier molecular flexibility index (Phi) is 5.57. The SMILES string of the molecule is CNc1nn2c(C)c(CC(=O)OCCl)c(C)nc2c1S(=O)(=O)c1ccccc1. The summed E-state index contributed by atoms with van der Waals surface area (Å²) in [6.07, 6.45) is -0.0388. The summed E-state index contributed by atoms with van der Waals surface area (Å²) in [4.78, 5) is 16.4. The highest BCUT2D eigenvalue weighted by atomic mass is 35.5. The summed E-state index contributed by atoms with van der Waals surface area (Å²) in [5, 5.41) is 7.19. The molecule has 10 heteroatoms. The first-order chi connectivity index (χ1) is 13.3. The van der Waals surface area contributed by atoms with E-state index in [1.165, 1.54) is 16.6 Å². The van der Waals surface area contributed by atoms with Gasteiger partial charge in [-0.15, -0.1) is 5.10 Å². The average molecular weight is 423 g/mol. The van der Waals surface area contributed by atoms with Crippen molar-refractivity contribution < 1.29 is 17.9 Å². The molecule has 3 rings (SSSR count). The van der Waals surface area contributed by atoms with Gasteiger partial charge in [-0.25, -0.2) is 17.9 Å². The van der Waals surface area contributed by atoms with Crippen LogP contribution in [0, 0.1) is 13.8 Å². The van der Waals surface area contributed by atoms with Gasteiger partial charge < -0.3 is 10.1 Å². The van der Waals surface area contributed by atoms with E-state index < -0.39 is 15.8 Å². The number of ether oxygens (including phenoxy) is 1. The first-order valence-corrected chi connectivity index (χ1v) is 10.4. The summed E-state index contributed by atoms with van der Waals surface area (Å²) < 4.78 is 32.7. The van der Waals surface area contributed by atoms with E-state index in [4.69, 9.17) is 16.3 Å². The minimum atomic E-state index is -3.86. The molecule has 1 N–H and O–H groups in total. The molecule has 3 aromatic rings. The predicted octanol–water partition coefficient (Wildman–Crippen LogP) is 2.50. The lowest BCUT2D eigenvalue weighted by atomic mass is 10.1. The minimum absolute atomic E-state index is 0.0118. The van der Waals surface area contributed by atoms with Crippen LogP contribution in [0.3, 0.4) is 0 Å². The van der Waals surface area contributed by atoms with E-state index >= 15 is 0 Å². The van der Waals surface area contributed by atoms with Crippen molar-refractivity contribution in [1.82, 2.24) is 14.6 Å². The number of rotatable bonds is 6. The molecule has 0 bridgehead atoms. The summed E-state index contributed by atoms with van der Waals surface area (Å²) in [7, 11) is -2.27. The quantitative estimate of drug-likeness (QED) is 0.480. The minimum Gasteiger partial charge on any atom is -0.449 e. The van der Waals surface area contributed by atoms with Crippen LogP contribution in [0.2, 0.25) is 0 Å². The molecule has 148 valence electrons. The molecular weight excluding hydrogens is 404 g/mol. The Bertz CT molecular complexity index is 1140. The molecule has 0 amide bonds. The Morgan fingerprint density at radius 2 is 1.93 bits per heavy atom. The summed E-state index contributed by atoms with van der Waals surface area (Å²) in [5.74, 6) is -0.320. The van der Waals surface area contributed by atoms with Crippen molar-refractivity contribution in [2.45, 2.75) is 30.1 Å². The van der Waals surface area contributed by atoms with Gasteiger partial charge >= 0.3 is 5.97 Å². The zero-order valence-corrected chi connectivity index (χ0v) is 17.1. The Morgan fingerprint density at radius 1 is 1.25 bits per heavy atom. The molecule has 0 saturated heterocycles. The number of aromatic nitrogens is 3. The van der Waals surface area contributed by atoms with Crippen LogP contribution < -0.4 is 5.32 Å². The maximum atomic E-state index is 13.2. The molecule has 28 heavy (non-hydrogen) atoms. The van der Waals surface area contributed by atoms with E-state index in [2.05, 4.69) is 15.4 Å². The first kappa shape index (κ1) is 20.1. The van der Waals surface area contributed by atoms with Crippen LogP contribution in [0.15, 0.2) is 40.1 Å². The zero-order chi connectivity index (χ0) is 20.5. The van der Waals surface area contributed by atoms with E-state index in [0.29, 0.717) is 17.0 Å². The monoisotopic (exact) mass is 422 g/mol. The number of hydrogen-bond acceptors (Lipinski definition) is 7. The Hall–Kier alpha value is -2.65. The predicted molar refractivity (Wildman–Crippen MR) is 104 cm³/mol. The highest BCUT2D eigenvalue weighted by molar-refractivity contribution is 7.91.